The van der Waals surface area contributed by atoms with Crippen molar-refractivity contribution in [3.8, 4) is 0 Å². The molecular weight excluding hydrogens is 206 g/mol. The predicted octanol–water partition coefficient (Wildman–Crippen LogP) is 1.51. The highest BCUT2D eigenvalue weighted by molar-refractivity contribution is 5.76. The molecule has 0 saturated heterocycles. The van der Waals surface area contributed by atoms with Crippen molar-refractivity contribution in [2.24, 2.45) is 5.73 Å². The second-order valence-electron chi connectivity index (χ2n) is 3.24. The molecule has 0 saturated carbocycles. The summed E-state index contributed by atoms with van der Waals surface area (Å²) in [5.41, 5.74) is 5.59. The van der Waals surface area contributed by atoms with Crippen LogP contribution in [0.25, 0.3) is 11.0 Å². The third kappa shape index (κ3) is 2.28. The molecule has 1 heterocycles. The number of benzene rings is 1. The van der Waals surface area contributed by atoms with Crippen molar-refractivity contribution >= 4 is 17.4 Å². The number of carbonyl (C=O) groups is 1. The molecule has 1 aromatic carbocycles. The van der Waals surface area contributed by atoms with Gasteiger partial charge in [0.15, 0.2) is 5.43 Å². The molecule has 0 atom stereocenters. The summed E-state index contributed by atoms with van der Waals surface area (Å²) in [7, 11) is 0. The summed E-state index contributed by atoms with van der Waals surface area (Å²) in [6.45, 7) is 3.59. The van der Waals surface area contributed by atoms with E-state index in [-0.39, 0.29) is 11.8 Å². The minimum absolute atomic E-state index is 0.0688. The number of hydrogen-bond donors (Lipinski definition) is 1. The van der Waals surface area contributed by atoms with Crippen LogP contribution in [0.2, 0.25) is 0 Å². The Morgan fingerprint density at radius 2 is 1.81 bits per heavy atom. The molecule has 0 bridgehead atoms. The number of nitrogens with two attached hydrogens (primary N) is 1. The second-order valence-corrected chi connectivity index (χ2v) is 3.24. The second kappa shape index (κ2) is 5.11. The van der Waals surface area contributed by atoms with Gasteiger partial charge in [0.1, 0.15) is 11.3 Å². The molecule has 1 aromatic heterocycles. The zero-order valence-corrected chi connectivity index (χ0v) is 9.19. The molecule has 4 nitrogen and oxygen atoms in total. The van der Waals surface area contributed by atoms with Crippen molar-refractivity contribution in [3.05, 3.63) is 45.8 Å². The summed E-state index contributed by atoms with van der Waals surface area (Å²) < 4.78 is 5.47. The number of rotatable bonds is 0. The van der Waals surface area contributed by atoms with E-state index in [9.17, 15) is 4.79 Å². The first-order valence-electron chi connectivity index (χ1n) is 4.76. The smallest absolute Gasteiger partial charge is 0.204 e. The van der Waals surface area contributed by atoms with Gasteiger partial charge in [-0.2, -0.15) is 0 Å². The van der Waals surface area contributed by atoms with Crippen LogP contribution in [-0.2, 0) is 4.79 Å². The van der Waals surface area contributed by atoms with Gasteiger partial charge in [-0.3, -0.25) is 9.59 Å². The Labute approximate surface area is 92.7 Å². The summed E-state index contributed by atoms with van der Waals surface area (Å²) in [4.78, 5) is 20.3. The summed E-state index contributed by atoms with van der Waals surface area (Å²) >= 11 is 0. The number of amides is 1. The van der Waals surface area contributed by atoms with E-state index in [4.69, 9.17) is 9.21 Å². The van der Waals surface area contributed by atoms with Crippen LogP contribution in [-0.4, -0.2) is 6.41 Å². The molecule has 4 heteroatoms. The number of carbonyl (C=O) groups excluding carboxylic acids is 1. The van der Waals surface area contributed by atoms with Crippen molar-refractivity contribution in [2.75, 3.05) is 0 Å². The standard InChI is InChI=1S/C11H10O2.CH3NO/c1-7-8(2)13-10-6-4-3-5-9(10)11(7)12;2-1-3/h3-6H,1-2H3;1H,(H2,2,3). The summed E-state index contributed by atoms with van der Waals surface area (Å²) in [5.74, 6) is 0.698. The molecule has 0 aliphatic carbocycles. The highest BCUT2D eigenvalue weighted by Crippen LogP contribution is 2.13. The van der Waals surface area contributed by atoms with E-state index in [1.807, 2.05) is 25.1 Å². The molecule has 0 unspecified atom stereocenters. The van der Waals surface area contributed by atoms with Crippen LogP contribution in [0.15, 0.2) is 33.5 Å². The van der Waals surface area contributed by atoms with Crippen LogP contribution >= 0.6 is 0 Å². The maximum absolute atomic E-state index is 11.7. The maximum atomic E-state index is 11.7. The van der Waals surface area contributed by atoms with E-state index in [1.165, 1.54) is 0 Å². The van der Waals surface area contributed by atoms with Gasteiger partial charge in [-0.15, -0.1) is 0 Å². The van der Waals surface area contributed by atoms with Crippen LogP contribution in [0.3, 0.4) is 0 Å². The van der Waals surface area contributed by atoms with E-state index in [2.05, 4.69) is 5.73 Å². The van der Waals surface area contributed by atoms with Crippen molar-refractivity contribution in [1.82, 2.24) is 0 Å². The van der Waals surface area contributed by atoms with Gasteiger partial charge in [-0.1, -0.05) is 12.1 Å². The third-order valence-electron chi connectivity index (χ3n) is 2.26. The van der Waals surface area contributed by atoms with Gasteiger partial charge in [-0.05, 0) is 26.0 Å². The minimum atomic E-state index is 0.0688. The lowest BCUT2D eigenvalue weighted by Crippen LogP contribution is -2.06. The fraction of sp³-hybridized carbons (Fsp3) is 0.167. The largest absolute Gasteiger partial charge is 0.461 e. The van der Waals surface area contributed by atoms with Crippen molar-refractivity contribution in [1.29, 1.82) is 0 Å². The van der Waals surface area contributed by atoms with Crippen LogP contribution < -0.4 is 11.2 Å². The molecule has 0 spiro atoms. The van der Waals surface area contributed by atoms with E-state index >= 15 is 0 Å². The molecule has 2 aromatic rings. The Morgan fingerprint density at radius 1 is 1.25 bits per heavy atom. The van der Waals surface area contributed by atoms with Gasteiger partial charge >= 0.3 is 0 Å². The van der Waals surface area contributed by atoms with Gasteiger partial charge in [0.25, 0.3) is 0 Å². The van der Waals surface area contributed by atoms with Crippen molar-refractivity contribution in [2.45, 2.75) is 13.8 Å². The Morgan fingerprint density at radius 3 is 2.44 bits per heavy atom. The quantitative estimate of drug-likeness (QED) is 0.682. The highest BCUT2D eigenvalue weighted by atomic mass is 16.3. The molecule has 0 aliphatic heterocycles. The third-order valence-corrected chi connectivity index (χ3v) is 2.26. The van der Waals surface area contributed by atoms with Crippen molar-refractivity contribution < 1.29 is 9.21 Å². The average molecular weight is 219 g/mol. The molecule has 0 aliphatic rings. The van der Waals surface area contributed by atoms with Gasteiger partial charge < -0.3 is 10.2 Å². The molecule has 84 valence electrons. The summed E-state index contributed by atoms with van der Waals surface area (Å²) in [5, 5.41) is 0.658. The number of primary amides is 1. The fourth-order valence-corrected chi connectivity index (χ4v) is 1.35. The Balaban J connectivity index is 0.000000386. The molecular formula is C12H13NO3. The van der Waals surface area contributed by atoms with Gasteiger partial charge in [0.2, 0.25) is 6.41 Å². The van der Waals surface area contributed by atoms with E-state index < -0.39 is 0 Å². The first-order chi connectivity index (χ1) is 7.61. The van der Waals surface area contributed by atoms with Crippen molar-refractivity contribution in [3.63, 3.8) is 0 Å². The topological polar surface area (TPSA) is 73.3 Å². The zero-order chi connectivity index (χ0) is 12.1. The molecule has 1 amide bonds. The van der Waals surface area contributed by atoms with Crippen LogP contribution in [0.5, 0.6) is 0 Å². The van der Waals surface area contributed by atoms with E-state index in [0.29, 0.717) is 22.3 Å². The van der Waals surface area contributed by atoms with E-state index in [0.717, 1.165) is 0 Å². The highest BCUT2D eigenvalue weighted by Gasteiger charge is 2.05. The first kappa shape index (κ1) is 12.0. The minimum Gasteiger partial charge on any atom is -0.461 e. The van der Waals surface area contributed by atoms with E-state index in [1.54, 1.807) is 13.0 Å². The van der Waals surface area contributed by atoms with Gasteiger partial charge in [0.05, 0.1) is 5.39 Å². The lowest BCUT2D eigenvalue weighted by Gasteiger charge is -2.00. The normalized spacial score (nSPS) is 9.38. The van der Waals surface area contributed by atoms with Gasteiger partial charge in [0, 0.05) is 5.56 Å². The molecule has 0 fully saturated rings. The number of hydrogen-bond acceptors (Lipinski definition) is 3. The summed E-state index contributed by atoms with van der Waals surface area (Å²) in [6, 6.07) is 7.30. The number of para-hydroxylation sites is 1. The monoisotopic (exact) mass is 219 g/mol. The zero-order valence-electron chi connectivity index (χ0n) is 9.19. The fourth-order valence-electron chi connectivity index (χ4n) is 1.35. The Hall–Kier alpha value is -2.10. The maximum Gasteiger partial charge on any atom is 0.204 e. The predicted molar refractivity (Wildman–Crippen MR) is 62.2 cm³/mol. The van der Waals surface area contributed by atoms with Crippen LogP contribution in [0, 0.1) is 13.8 Å². The Bertz CT molecular complexity index is 558. The lowest BCUT2D eigenvalue weighted by molar-refractivity contribution is -0.106. The Kier molecular flexibility index (Phi) is 3.83. The molecule has 2 N–H and O–H groups in total. The summed E-state index contributed by atoms with van der Waals surface area (Å²) in [6.07, 6.45) is 0.250. The van der Waals surface area contributed by atoms with Crippen LogP contribution in [0.1, 0.15) is 11.3 Å². The SMILES string of the molecule is Cc1oc2ccccc2c(=O)c1C.NC=O. The number of fused-ring (bicyclic) bond motifs is 1. The molecule has 2 rings (SSSR count). The van der Waals surface area contributed by atoms with Gasteiger partial charge in [-0.25, -0.2) is 0 Å². The molecule has 16 heavy (non-hydrogen) atoms. The lowest BCUT2D eigenvalue weighted by atomic mass is 10.1. The first-order valence-corrected chi connectivity index (χ1v) is 4.76. The average Bonchev–Trinajstić information content (AvgIpc) is 2.27. The molecule has 0 radical (unpaired) electrons. The van der Waals surface area contributed by atoms with Crippen LogP contribution in [0.4, 0.5) is 0 Å². The number of aryl methyl sites for hydroxylation is 1.